The molecule has 0 N–H and O–H groups in total. The summed E-state index contributed by atoms with van der Waals surface area (Å²) in [7, 11) is 1.69. The van der Waals surface area contributed by atoms with Gasteiger partial charge in [0.25, 0.3) is 0 Å². The highest BCUT2D eigenvalue weighted by atomic mass is 16.5. The molecule has 4 nitrogen and oxygen atoms in total. The van der Waals surface area contributed by atoms with Crippen LogP contribution in [0.2, 0.25) is 0 Å². The molecule has 0 saturated carbocycles. The van der Waals surface area contributed by atoms with Crippen molar-refractivity contribution < 1.29 is 4.74 Å². The second-order valence-electron chi connectivity index (χ2n) is 3.11. The molecule has 0 amide bonds. The Morgan fingerprint density at radius 3 is 2.93 bits per heavy atom. The van der Waals surface area contributed by atoms with Crippen LogP contribution in [0.5, 0.6) is 0 Å². The number of fused-ring (bicyclic) bond motifs is 1. The number of aromatic nitrogens is 3. The lowest BCUT2D eigenvalue weighted by Gasteiger charge is -2.04. The molecule has 2 heterocycles. The van der Waals surface area contributed by atoms with Crippen LogP contribution < -0.4 is 0 Å². The van der Waals surface area contributed by atoms with Crippen molar-refractivity contribution in [2.45, 2.75) is 20.0 Å². The maximum atomic E-state index is 5.13. The fourth-order valence-corrected chi connectivity index (χ4v) is 1.56. The van der Waals surface area contributed by atoms with E-state index in [1.807, 2.05) is 22.6 Å². The summed E-state index contributed by atoms with van der Waals surface area (Å²) in [6.07, 6.45) is 0.877. The van der Waals surface area contributed by atoms with Crippen LogP contribution in [-0.2, 0) is 17.8 Å². The number of rotatable bonds is 3. The van der Waals surface area contributed by atoms with Crippen LogP contribution >= 0.6 is 0 Å². The number of ether oxygens (including phenoxy) is 1. The first-order valence-electron chi connectivity index (χ1n) is 4.67. The van der Waals surface area contributed by atoms with E-state index in [-0.39, 0.29) is 0 Å². The van der Waals surface area contributed by atoms with E-state index in [4.69, 9.17) is 4.74 Å². The Labute approximate surface area is 82.5 Å². The second kappa shape index (κ2) is 3.75. The van der Waals surface area contributed by atoms with Gasteiger partial charge in [-0.15, -0.1) is 10.2 Å². The molecule has 0 spiro atoms. The smallest absolute Gasteiger partial charge is 0.161 e. The summed E-state index contributed by atoms with van der Waals surface area (Å²) >= 11 is 0. The number of methoxy groups -OCH3 is 1. The zero-order valence-electron chi connectivity index (χ0n) is 8.40. The van der Waals surface area contributed by atoms with E-state index in [0.717, 1.165) is 23.6 Å². The predicted octanol–water partition coefficient (Wildman–Crippen LogP) is 1.44. The van der Waals surface area contributed by atoms with Crippen LogP contribution in [0, 0.1) is 0 Å². The lowest BCUT2D eigenvalue weighted by molar-refractivity contribution is 0.180. The van der Waals surface area contributed by atoms with Gasteiger partial charge in [0.1, 0.15) is 5.82 Å². The molecule has 4 heteroatoms. The summed E-state index contributed by atoms with van der Waals surface area (Å²) in [5.74, 6) is 0.979. The Kier molecular flexibility index (Phi) is 2.45. The zero-order chi connectivity index (χ0) is 9.97. The van der Waals surface area contributed by atoms with Gasteiger partial charge in [-0.25, -0.2) is 0 Å². The third-order valence-electron chi connectivity index (χ3n) is 2.18. The number of hydrogen-bond acceptors (Lipinski definition) is 3. The summed E-state index contributed by atoms with van der Waals surface area (Å²) in [4.78, 5) is 0. The van der Waals surface area contributed by atoms with Crippen LogP contribution in [0.1, 0.15) is 18.4 Å². The highest BCUT2D eigenvalue weighted by molar-refractivity contribution is 5.39. The molecule has 74 valence electrons. The predicted molar refractivity (Wildman–Crippen MR) is 53.1 cm³/mol. The number of aryl methyl sites for hydroxylation is 1. The maximum absolute atomic E-state index is 5.13. The second-order valence-corrected chi connectivity index (χ2v) is 3.11. The molecule has 2 rings (SSSR count). The molecule has 0 unspecified atom stereocenters. The van der Waals surface area contributed by atoms with Gasteiger partial charge in [-0.05, 0) is 12.1 Å². The van der Waals surface area contributed by atoms with Gasteiger partial charge in [0.2, 0.25) is 0 Å². The van der Waals surface area contributed by atoms with Crippen molar-refractivity contribution in [3.63, 3.8) is 0 Å². The Hall–Kier alpha value is -1.42. The lowest BCUT2D eigenvalue weighted by Crippen LogP contribution is -2.01. The van der Waals surface area contributed by atoms with Crippen molar-refractivity contribution in [3.05, 3.63) is 29.7 Å². The Balaban J connectivity index is 2.62. The zero-order valence-corrected chi connectivity index (χ0v) is 8.40. The van der Waals surface area contributed by atoms with Crippen LogP contribution in [-0.4, -0.2) is 21.7 Å². The summed E-state index contributed by atoms with van der Waals surface area (Å²) in [6, 6.07) is 5.95. The Bertz CT molecular complexity index is 436. The van der Waals surface area contributed by atoms with E-state index in [0.29, 0.717) is 6.61 Å². The van der Waals surface area contributed by atoms with Crippen molar-refractivity contribution >= 4 is 5.65 Å². The van der Waals surface area contributed by atoms with E-state index in [2.05, 4.69) is 17.1 Å². The van der Waals surface area contributed by atoms with Gasteiger partial charge < -0.3 is 4.74 Å². The van der Waals surface area contributed by atoms with Gasteiger partial charge in [-0.1, -0.05) is 13.0 Å². The molecule has 0 fully saturated rings. The van der Waals surface area contributed by atoms with Gasteiger partial charge in [0.05, 0.1) is 12.3 Å². The minimum absolute atomic E-state index is 0.586. The van der Waals surface area contributed by atoms with E-state index in [9.17, 15) is 0 Å². The maximum Gasteiger partial charge on any atom is 0.161 e. The average molecular weight is 191 g/mol. The monoisotopic (exact) mass is 191 g/mol. The van der Waals surface area contributed by atoms with Gasteiger partial charge in [0, 0.05) is 13.5 Å². The topological polar surface area (TPSA) is 39.4 Å². The van der Waals surface area contributed by atoms with Gasteiger partial charge in [-0.3, -0.25) is 4.40 Å². The standard InChI is InChI=1S/C10H13N3O/c1-3-9-11-12-10-6-4-5-8(7-14-2)13(9)10/h4-6H,3,7H2,1-2H3. The first-order chi connectivity index (χ1) is 6.86. The largest absolute Gasteiger partial charge is 0.378 e. The number of hydrogen-bond donors (Lipinski definition) is 0. The normalized spacial score (nSPS) is 11.0. The quantitative estimate of drug-likeness (QED) is 0.737. The SMILES string of the molecule is CCc1nnc2cccc(COC)n12. The van der Waals surface area contributed by atoms with Crippen molar-refractivity contribution in [3.8, 4) is 0 Å². The Morgan fingerprint density at radius 1 is 1.36 bits per heavy atom. The Morgan fingerprint density at radius 2 is 2.21 bits per heavy atom. The summed E-state index contributed by atoms with van der Waals surface area (Å²) in [6.45, 7) is 2.66. The van der Waals surface area contributed by atoms with Gasteiger partial charge >= 0.3 is 0 Å². The highest BCUT2D eigenvalue weighted by Crippen LogP contribution is 2.09. The van der Waals surface area contributed by atoms with Crippen LogP contribution in [0.15, 0.2) is 18.2 Å². The minimum Gasteiger partial charge on any atom is -0.378 e. The third-order valence-corrected chi connectivity index (χ3v) is 2.18. The van der Waals surface area contributed by atoms with E-state index in [1.165, 1.54) is 0 Å². The minimum atomic E-state index is 0.586. The van der Waals surface area contributed by atoms with Crippen molar-refractivity contribution in [2.24, 2.45) is 0 Å². The van der Waals surface area contributed by atoms with E-state index >= 15 is 0 Å². The fraction of sp³-hybridized carbons (Fsp3) is 0.400. The van der Waals surface area contributed by atoms with Gasteiger partial charge in [-0.2, -0.15) is 0 Å². The molecule has 0 aliphatic rings. The number of nitrogens with zero attached hydrogens (tertiary/aromatic N) is 3. The van der Waals surface area contributed by atoms with Crippen LogP contribution in [0.4, 0.5) is 0 Å². The van der Waals surface area contributed by atoms with Crippen molar-refractivity contribution in [1.29, 1.82) is 0 Å². The molecule has 2 aromatic rings. The summed E-state index contributed by atoms with van der Waals surface area (Å²) < 4.78 is 7.17. The molecule has 0 aliphatic carbocycles. The van der Waals surface area contributed by atoms with Gasteiger partial charge in [0.15, 0.2) is 5.65 Å². The van der Waals surface area contributed by atoms with Crippen LogP contribution in [0.3, 0.4) is 0 Å². The first kappa shape index (κ1) is 9.15. The van der Waals surface area contributed by atoms with Crippen molar-refractivity contribution in [1.82, 2.24) is 14.6 Å². The molecule has 0 saturated heterocycles. The third kappa shape index (κ3) is 1.37. The molecule has 14 heavy (non-hydrogen) atoms. The highest BCUT2D eigenvalue weighted by Gasteiger charge is 2.06. The summed E-state index contributed by atoms with van der Waals surface area (Å²) in [5, 5.41) is 8.20. The first-order valence-corrected chi connectivity index (χ1v) is 4.67. The van der Waals surface area contributed by atoms with E-state index in [1.54, 1.807) is 7.11 Å². The molecule has 0 radical (unpaired) electrons. The molecule has 0 bridgehead atoms. The summed E-state index contributed by atoms with van der Waals surface area (Å²) in [5.41, 5.74) is 1.98. The lowest BCUT2D eigenvalue weighted by atomic mass is 10.3. The fourth-order valence-electron chi connectivity index (χ4n) is 1.56. The van der Waals surface area contributed by atoms with E-state index < -0.39 is 0 Å². The molecule has 0 atom stereocenters. The molecular weight excluding hydrogens is 178 g/mol. The molecule has 0 aliphatic heterocycles. The number of pyridine rings is 1. The average Bonchev–Trinajstić information content (AvgIpc) is 2.62. The molecule has 2 aromatic heterocycles. The molecular formula is C10H13N3O. The van der Waals surface area contributed by atoms with Crippen LogP contribution in [0.25, 0.3) is 5.65 Å². The molecule has 0 aromatic carbocycles. The van der Waals surface area contributed by atoms with Crippen molar-refractivity contribution in [2.75, 3.05) is 7.11 Å².